The van der Waals surface area contributed by atoms with E-state index in [1.807, 2.05) is 19.1 Å². The minimum absolute atomic E-state index is 0.156. The topological polar surface area (TPSA) is 98.2 Å². The molecule has 3 atom stereocenters. The van der Waals surface area contributed by atoms with Crippen molar-refractivity contribution < 1.29 is 26.7 Å². The van der Waals surface area contributed by atoms with Gasteiger partial charge >= 0.3 is 0 Å². The van der Waals surface area contributed by atoms with Crippen LogP contribution in [0.15, 0.2) is 48.1 Å². The van der Waals surface area contributed by atoms with Crippen LogP contribution in [-0.2, 0) is 9.84 Å². The number of ether oxygens (including phenoxy) is 1. The molecule has 1 saturated carbocycles. The summed E-state index contributed by atoms with van der Waals surface area (Å²) in [7, 11) is -3.31. The Kier molecular flexibility index (Phi) is 6.40. The summed E-state index contributed by atoms with van der Waals surface area (Å²) in [6, 6.07) is 6.61. The molecule has 1 heterocycles. The van der Waals surface area contributed by atoms with Crippen LogP contribution in [0.3, 0.4) is 0 Å². The van der Waals surface area contributed by atoms with Gasteiger partial charge in [-0.25, -0.2) is 27.2 Å². The number of sulfone groups is 1. The first kappa shape index (κ1) is 22.8. The number of alkyl halides is 2. The average molecular weight is 451 g/mol. The van der Waals surface area contributed by atoms with Crippen LogP contribution in [0.25, 0.3) is 0 Å². The number of rotatable bonds is 8. The summed E-state index contributed by atoms with van der Waals surface area (Å²) in [6.45, 7) is 3.43. The molecule has 0 aliphatic heterocycles. The van der Waals surface area contributed by atoms with Crippen LogP contribution >= 0.6 is 0 Å². The maximum absolute atomic E-state index is 13.8. The number of hydrogen-bond acceptors (Lipinski definition) is 6. The molecule has 0 spiro atoms. The predicted molar refractivity (Wildman–Crippen MR) is 111 cm³/mol. The number of aromatic nitrogens is 2. The molecule has 1 N–H and O–H groups in total. The molecule has 1 aliphatic carbocycles. The molecule has 1 amide bonds. The SMILES string of the molecule is Cc1ccccc1[C@@H](Oc1cnc(C(=O)N[C@H](C)/C=C/S(C)(=O)=O)nc1)[C@@H]1CC1(F)F. The van der Waals surface area contributed by atoms with Crippen LogP contribution in [0.5, 0.6) is 5.75 Å². The first-order valence-electron chi connectivity index (χ1n) is 9.57. The van der Waals surface area contributed by atoms with E-state index in [0.717, 1.165) is 17.2 Å². The Morgan fingerprint density at radius 2 is 1.90 bits per heavy atom. The van der Waals surface area contributed by atoms with E-state index in [4.69, 9.17) is 4.74 Å². The molecule has 1 aromatic carbocycles. The molecular formula is C21H23F2N3O4S. The van der Waals surface area contributed by atoms with Crippen molar-refractivity contribution in [2.24, 2.45) is 5.92 Å². The predicted octanol–water partition coefficient (Wildman–Crippen LogP) is 3.24. The highest BCUT2D eigenvalue weighted by Gasteiger charge is 2.62. The van der Waals surface area contributed by atoms with Gasteiger partial charge in [0.05, 0.1) is 18.3 Å². The quantitative estimate of drug-likeness (QED) is 0.662. The van der Waals surface area contributed by atoms with Gasteiger partial charge in [-0.05, 0) is 25.0 Å². The van der Waals surface area contributed by atoms with Crippen LogP contribution in [0.4, 0.5) is 8.78 Å². The van der Waals surface area contributed by atoms with E-state index in [9.17, 15) is 22.0 Å². The number of carbonyl (C=O) groups is 1. The van der Waals surface area contributed by atoms with Crippen LogP contribution in [0.1, 0.15) is 41.2 Å². The van der Waals surface area contributed by atoms with Gasteiger partial charge in [-0.3, -0.25) is 4.79 Å². The number of amides is 1. The summed E-state index contributed by atoms with van der Waals surface area (Å²) in [5, 5.41) is 3.54. The fourth-order valence-corrected chi connectivity index (χ4v) is 3.57. The summed E-state index contributed by atoms with van der Waals surface area (Å²) < 4.78 is 55.7. The molecule has 2 aromatic rings. The molecule has 3 rings (SSSR count). The summed E-state index contributed by atoms with van der Waals surface area (Å²) in [5.74, 6) is -4.34. The number of hydrogen-bond donors (Lipinski definition) is 1. The van der Waals surface area contributed by atoms with Crippen molar-refractivity contribution in [3.05, 3.63) is 65.1 Å². The Labute approximate surface area is 179 Å². The summed E-state index contributed by atoms with van der Waals surface area (Å²) in [5.41, 5.74) is 1.50. The van der Waals surface area contributed by atoms with Gasteiger partial charge in [-0.2, -0.15) is 0 Å². The van der Waals surface area contributed by atoms with Crippen LogP contribution in [0.2, 0.25) is 0 Å². The molecule has 166 valence electrons. The van der Waals surface area contributed by atoms with E-state index in [0.29, 0.717) is 5.56 Å². The van der Waals surface area contributed by atoms with Crippen LogP contribution in [-0.4, -0.2) is 42.5 Å². The largest absolute Gasteiger partial charge is 0.482 e. The number of nitrogens with one attached hydrogen (secondary N) is 1. The molecule has 0 radical (unpaired) electrons. The molecule has 10 heteroatoms. The van der Waals surface area contributed by atoms with Crippen molar-refractivity contribution in [3.63, 3.8) is 0 Å². The Bertz CT molecular complexity index is 1090. The van der Waals surface area contributed by atoms with Gasteiger partial charge in [0, 0.05) is 24.1 Å². The van der Waals surface area contributed by atoms with Crippen LogP contribution < -0.4 is 10.1 Å². The summed E-state index contributed by atoms with van der Waals surface area (Å²) in [6.07, 6.45) is 3.76. The molecular weight excluding hydrogens is 428 g/mol. The van der Waals surface area contributed by atoms with E-state index in [1.165, 1.54) is 18.5 Å². The molecule has 1 aromatic heterocycles. The normalized spacial score (nSPS) is 19.6. The zero-order valence-electron chi connectivity index (χ0n) is 17.2. The molecule has 1 aliphatic rings. The zero-order chi connectivity index (χ0) is 22.8. The Hall–Kier alpha value is -2.88. The molecule has 0 saturated heterocycles. The van der Waals surface area contributed by atoms with E-state index in [1.54, 1.807) is 19.1 Å². The van der Waals surface area contributed by atoms with Gasteiger partial charge in [-0.15, -0.1) is 0 Å². The number of aryl methyl sites for hydroxylation is 1. The minimum atomic E-state index is -3.31. The lowest BCUT2D eigenvalue weighted by Crippen LogP contribution is -2.32. The van der Waals surface area contributed by atoms with Gasteiger partial charge in [0.1, 0.15) is 6.10 Å². The number of halogens is 2. The van der Waals surface area contributed by atoms with E-state index < -0.39 is 39.7 Å². The molecule has 0 bridgehead atoms. The zero-order valence-corrected chi connectivity index (χ0v) is 18.1. The van der Waals surface area contributed by atoms with Crippen molar-refractivity contribution in [2.75, 3.05) is 6.26 Å². The number of benzene rings is 1. The fourth-order valence-electron chi connectivity index (χ4n) is 3.05. The second kappa shape index (κ2) is 8.70. The monoisotopic (exact) mass is 451 g/mol. The van der Waals surface area contributed by atoms with Crippen molar-refractivity contribution in [3.8, 4) is 5.75 Å². The van der Waals surface area contributed by atoms with Crippen LogP contribution in [0, 0.1) is 12.8 Å². The van der Waals surface area contributed by atoms with Gasteiger partial charge in [0.15, 0.2) is 15.6 Å². The Morgan fingerprint density at radius 1 is 1.29 bits per heavy atom. The number of nitrogens with zero attached hydrogens (tertiary/aromatic N) is 2. The lowest BCUT2D eigenvalue weighted by molar-refractivity contribution is 0.0569. The van der Waals surface area contributed by atoms with Gasteiger partial charge in [0.25, 0.3) is 11.8 Å². The second-order valence-corrected chi connectivity index (χ2v) is 9.56. The third kappa shape index (κ3) is 6.06. The standard InChI is InChI=1S/C21H23F2N3O4S/c1-13-6-4-5-7-16(13)18(17-10-21(17,22)23)30-15-11-24-19(25-12-15)20(27)26-14(2)8-9-31(3,28)29/h4-9,11-12,14,17-18H,10H2,1-3H3,(H,26,27)/b9-8+/t14-,17+,18-/m1/s1. The smallest absolute Gasteiger partial charge is 0.289 e. The van der Waals surface area contributed by atoms with Crippen molar-refractivity contribution in [1.82, 2.24) is 15.3 Å². The lowest BCUT2D eigenvalue weighted by atomic mass is 10.00. The van der Waals surface area contributed by atoms with Crippen molar-refractivity contribution >= 4 is 15.7 Å². The maximum Gasteiger partial charge on any atom is 0.289 e. The second-order valence-electron chi connectivity index (χ2n) is 7.63. The Balaban J connectivity index is 1.71. The highest BCUT2D eigenvalue weighted by Crippen LogP contribution is 2.56. The van der Waals surface area contributed by atoms with Gasteiger partial charge in [0.2, 0.25) is 5.82 Å². The first-order valence-corrected chi connectivity index (χ1v) is 11.5. The average Bonchev–Trinajstić information content (AvgIpc) is 3.33. The van der Waals surface area contributed by atoms with E-state index >= 15 is 0 Å². The molecule has 31 heavy (non-hydrogen) atoms. The third-order valence-corrected chi connectivity index (χ3v) is 5.45. The molecule has 0 unspecified atom stereocenters. The van der Waals surface area contributed by atoms with E-state index in [-0.39, 0.29) is 18.0 Å². The summed E-state index contributed by atoms with van der Waals surface area (Å²) in [4.78, 5) is 20.1. The summed E-state index contributed by atoms with van der Waals surface area (Å²) >= 11 is 0. The van der Waals surface area contributed by atoms with Gasteiger partial charge in [-0.1, -0.05) is 30.3 Å². The Morgan fingerprint density at radius 3 is 2.45 bits per heavy atom. The van der Waals surface area contributed by atoms with Crippen molar-refractivity contribution in [1.29, 1.82) is 0 Å². The maximum atomic E-state index is 13.8. The number of carbonyl (C=O) groups excluding carboxylic acids is 1. The molecule has 1 fully saturated rings. The van der Waals surface area contributed by atoms with Crippen molar-refractivity contribution in [2.45, 2.75) is 38.3 Å². The lowest BCUT2D eigenvalue weighted by Gasteiger charge is -2.21. The first-order chi connectivity index (χ1) is 14.5. The highest BCUT2D eigenvalue weighted by molar-refractivity contribution is 7.93. The van der Waals surface area contributed by atoms with E-state index in [2.05, 4.69) is 15.3 Å². The fraction of sp³-hybridized carbons (Fsp3) is 0.381. The third-order valence-electron chi connectivity index (χ3n) is 4.80. The molecule has 7 nitrogen and oxygen atoms in total. The minimum Gasteiger partial charge on any atom is -0.482 e. The van der Waals surface area contributed by atoms with Gasteiger partial charge < -0.3 is 10.1 Å². The highest BCUT2D eigenvalue weighted by atomic mass is 32.2.